The third kappa shape index (κ3) is 6.28. The molecular formula is C34H34N4O4. The molecule has 1 heterocycles. The highest BCUT2D eigenvalue weighted by atomic mass is 16.6. The Morgan fingerprint density at radius 2 is 1.62 bits per heavy atom. The molecule has 2 atom stereocenters. The average Bonchev–Trinajstić information content (AvgIpc) is 3.44. The van der Waals surface area contributed by atoms with Gasteiger partial charge in [0.25, 0.3) is 11.8 Å². The molecule has 1 unspecified atom stereocenters. The van der Waals surface area contributed by atoms with E-state index in [0.717, 1.165) is 22.4 Å². The van der Waals surface area contributed by atoms with Crippen LogP contribution < -0.4 is 11.1 Å². The van der Waals surface area contributed by atoms with E-state index in [1.54, 1.807) is 18.2 Å². The summed E-state index contributed by atoms with van der Waals surface area (Å²) in [5.74, 6) is -0.760. The highest BCUT2D eigenvalue weighted by molar-refractivity contribution is 6.01. The van der Waals surface area contributed by atoms with Crippen molar-refractivity contribution in [2.45, 2.75) is 24.8 Å². The Morgan fingerprint density at radius 3 is 2.33 bits per heavy atom. The van der Waals surface area contributed by atoms with Crippen LogP contribution in [0.4, 0.5) is 5.69 Å². The van der Waals surface area contributed by atoms with Crippen LogP contribution in [0.25, 0.3) is 11.1 Å². The van der Waals surface area contributed by atoms with Crippen LogP contribution >= 0.6 is 0 Å². The monoisotopic (exact) mass is 562 g/mol. The van der Waals surface area contributed by atoms with Crippen molar-refractivity contribution in [1.29, 1.82) is 0 Å². The first-order valence-corrected chi connectivity index (χ1v) is 13.9. The maximum atomic E-state index is 14.0. The number of aromatic hydroxyl groups is 1. The predicted octanol–water partition coefficient (Wildman–Crippen LogP) is 5.46. The summed E-state index contributed by atoms with van der Waals surface area (Å²) in [4.78, 5) is 33.7. The summed E-state index contributed by atoms with van der Waals surface area (Å²) in [5, 5.41) is 17.2. The van der Waals surface area contributed by atoms with E-state index in [4.69, 9.17) is 10.6 Å². The molecule has 42 heavy (non-hydrogen) atoms. The van der Waals surface area contributed by atoms with Crippen LogP contribution in [0.1, 0.15) is 45.0 Å². The third-order valence-corrected chi connectivity index (χ3v) is 7.67. The number of hydrogen-bond acceptors (Lipinski definition) is 6. The van der Waals surface area contributed by atoms with Gasteiger partial charge >= 0.3 is 0 Å². The summed E-state index contributed by atoms with van der Waals surface area (Å²) in [6, 6.07) is 31.4. The quantitative estimate of drug-likeness (QED) is 0.185. The molecule has 0 aliphatic carbocycles. The minimum Gasteiger partial charge on any atom is -0.507 e. The second-order valence-corrected chi connectivity index (χ2v) is 10.3. The molecular weight excluding hydrogens is 528 g/mol. The molecule has 0 spiro atoms. The summed E-state index contributed by atoms with van der Waals surface area (Å²) in [7, 11) is 1.50. The number of nitrogens with one attached hydrogen (secondary N) is 1. The number of benzene rings is 4. The lowest BCUT2D eigenvalue weighted by Gasteiger charge is -2.32. The molecule has 1 saturated heterocycles. The topological polar surface area (TPSA) is 117 Å². The van der Waals surface area contributed by atoms with E-state index in [-0.39, 0.29) is 35.1 Å². The SMILES string of the molecule is CO/N=C1\C[C@H](C(CCNC(=O)c2ccccc2O)c2ccccc2N)N(C(=O)c2ccc(-c3ccccc3)cc2)C1. The molecule has 0 radical (unpaired) electrons. The number of amides is 2. The van der Waals surface area contributed by atoms with Gasteiger partial charge in [0.15, 0.2) is 0 Å². The third-order valence-electron chi connectivity index (χ3n) is 7.67. The van der Waals surface area contributed by atoms with Crippen molar-refractivity contribution < 1.29 is 19.5 Å². The van der Waals surface area contributed by atoms with E-state index >= 15 is 0 Å². The zero-order chi connectivity index (χ0) is 29.5. The maximum Gasteiger partial charge on any atom is 0.255 e. The van der Waals surface area contributed by atoms with Crippen molar-refractivity contribution in [1.82, 2.24) is 10.2 Å². The van der Waals surface area contributed by atoms with Crippen LogP contribution in [0.15, 0.2) is 108 Å². The van der Waals surface area contributed by atoms with E-state index in [0.29, 0.717) is 37.2 Å². The normalized spacial score (nSPS) is 16.3. The number of oxime groups is 1. The molecule has 1 aliphatic heterocycles. The number of phenolic OH excluding ortho intramolecular Hbond substituents is 1. The molecule has 0 aromatic heterocycles. The first kappa shape index (κ1) is 28.4. The average molecular weight is 563 g/mol. The summed E-state index contributed by atoms with van der Waals surface area (Å²) in [6.45, 7) is 0.637. The lowest BCUT2D eigenvalue weighted by atomic mass is 9.85. The Bertz CT molecular complexity index is 1570. The largest absolute Gasteiger partial charge is 0.507 e. The van der Waals surface area contributed by atoms with Crippen LogP contribution in [-0.4, -0.2) is 53.8 Å². The number of rotatable bonds is 9. The van der Waals surface area contributed by atoms with Crippen molar-refractivity contribution in [3.8, 4) is 16.9 Å². The Morgan fingerprint density at radius 1 is 0.952 bits per heavy atom. The molecule has 1 fully saturated rings. The first-order chi connectivity index (χ1) is 20.5. The fraction of sp³-hybridized carbons (Fsp3) is 0.206. The van der Waals surface area contributed by atoms with E-state index in [2.05, 4.69) is 10.5 Å². The van der Waals surface area contributed by atoms with Gasteiger partial charge in [-0.3, -0.25) is 9.59 Å². The number of hydrogen-bond donors (Lipinski definition) is 3. The van der Waals surface area contributed by atoms with Crippen LogP contribution in [0.3, 0.4) is 0 Å². The summed E-state index contributed by atoms with van der Waals surface area (Å²) in [6.07, 6.45) is 1.02. The number of likely N-dealkylation sites (tertiary alicyclic amines) is 1. The van der Waals surface area contributed by atoms with Crippen LogP contribution in [-0.2, 0) is 4.84 Å². The highest BCUT2D eigenvalue weighted by Crippen LogP contribution is 2.36. The highest BCUT2D eigenvalue weighted by Gasteiger charge is 2.39. The Kier molecular flexibility index (Phi) is 8.82. The zero-order valence-electron chi connectivity index (χ0n) is 23.4. The lowest BCUT2D eigenvalue weighted by molar-refractivity contribution is 0.0714. The van der Waals surface area contributed by atoms with E-state index in [9.17, 15) is 14.7 Å². The zero-order valence-corrected chi connectivity index (χ0v) is 23.4. The number of carbonyl (C=O) groups excluding carboxylic acids is 2. The van der Waals surface area contributed by atoms with E-state index < -0.39 is 0 Å². The van der Waals surface area contributed by atoms with Gasteiger partial charge < -0.3 is 25.9 Å². The summed E-state index contributed by atoms with van der Waals surface area (Å²) in [5.41, 5.74) is 11.6. The number of nitrogens with two attached hydrogens (primary N) is 1. The molecule has 5 rings (SSSR count). The molecule has 4 aromatic carbocycles. The van der Waals surface area contributed by atoms with Gasteiger partial charge in [-0.1, -0.05) is 78.0 Å². The fourth-order valence-corrected chi connectivity index (χ4v) is 5.61. The Hall–Kier alpha value is -5.11. The molecule has 2 amide bonds. The summed E-state index contributed by atoms with van der Waals surface area (Å²) < 4.78 is 0. The van der Waals surface area contributed by atoms with Gasteiger partial charge in [-0.15, -0.1) is 0 Å². The van der Waals surface area contributed by atoms with Crippen molar-refractivity contribution in [2.24, 2.45) is 5.16 Å². The smallest absolute Gasteiger partial charge is 0.255 e. The van der Waals surface area contributed by atoms with Gasteiger partial charge in [0.2, 0.25) is 0 Å². The molecule has 1 aliphatic rings. The number of carbonyl (C=O) groups is 2. The Balaban J connectivity index is 1.41. The molecule has 0 saturated carbocycles. The fourth-order valence-electron chi connectivity index (χ4n) is 5.61. The maximum absolute atomic E-state index is 14.0. The predicted molar refractivity (Wildman–Crippen MR) is 164 cm³/mol. The van der Waals surface area contributed by atoms with Gasteiger partial charge in [-0.2, -0.15) is 0 Å². The minimum atomic E-state index is -0.368. The molecule has 214 valence electrons. The number of nitrogens with zero attached hydrogens (tertiary/aromatic N) is 2. The van der Waals surface area contributed by atoms with Gasteiger partial charge in [0.1, 0.15) is 12.9 Å². The van der Waals surface area contributed by atoms with E-state index in [1.807, 2.05) is 83.8 Å². The van der Waals surface area contributed by atoms with Crippen LogP contribution in [0.2, 0.25) is 0 Å². The molecule has 8 heteroatoms. The summed E-state index contributed by atoms with van der Waals surface area (Å²) >= 11 is 0. The number of phenols is 1. The number of anilines is 1. The van der Waals surface area contributed by atoms with E-state index in [1.165, 1.54) is 13.2 Å². The van der Waals surface area contributed by atoms with Crippen molar-refractivity contribution >= 4 is 23.2 Å². The van der Waals surface area contributed by atoms with Gasteiger partial charge in [-0.05, 0) is 53.4 Å². The van der Waals surface area contributed by atoms with Gasteiger partial charge in [-0.25, -0.2) is 0 Å². The second-order valence-electron chi connectivity index (χ2n) is 10.3. The lowest BCUT2D eigenvalue weighted by Crippen LogP contribution is -2.40. The van der Waals surface area contributed by atoms with Crippen molar-refractivity contribution in [3.05, 3.63) is 120 Å². The Labute approximate surface area is 245 Å². The van der Waals surface area contributed by atoms with Crippen LogP contribution in [0.5, 0.6) is 5.75 Å². The van der Waals surface area contributed by atoms with Crippen molar-refractivity contribution in [3.63, 3.8) is 0 Å². The molecule has 4 aromatic rings. The standard InChI is InChI=1S/C34H34N4O4/c1-42-37-26-21-31(38(22-26)34(41)25-17-15-24(16-18-25)23-9-3-2-4-10-23)28(27-11-5-7-13-30(27)35)19-20-36-33(40)29-12-6-8-14-32(29)39/h2-18,28,31,39H,19-22,35H2,1H3,(H,36,40)/b37-26+/t28?,31-/m1/s1. The van der Waals surface area contributed by atoms with Crippen LogP contribution in [0, 0.1) is 0 Å². The first-order valence-electron chi connectivity index (χ1n) is 13.9. The van der Waals surface area contributed by atoms with Crippen molar-refractivity contribution in [2.75, 3.05) is 25.9 Å². The number of nitrogen functional groups attached to an aromatic ring is 1. The molecule has 4 N–H and O–H groups in total. The molecule has 0 bridgehead atoms. The minimum absolute atomic E-state index is 0.0786. The molecule has 8 nitrogen and oxygen atoms in total. The van der Waals surface area contributed by atoms with Gasteiger partial charge in [0, 0.05) is 36.2 Å². The second kappa shape index (κ2) is 13.0. The van der Waals surface area contributed by atoms with Gasteiger partial charge in [0.05, 0.1) is 17.8 Å². The number of para-hydroxylation sites is 2.